The molecule has 90 valence electrons. The molecule has 0 radical (unpaired) electrons. The van der Waals surface area contributed by atoms with Crippen molar-refractivity contribution in [1.82, 2.24) is 9.97 Å². The lowest BCUT2D eigenvalue weighted by atomic mass is 10.1. The third-order valence-electron chi connectivity index (χ3n) is 2.89. The van der Waals surface area contributed by atoms with Crippen molar-refractivity contribution < 1.29 is 4.42 Å². The summed E-state index contributed by atoms with van der Waals surface area (Å²) < 4.78 is 5.44. The predicted molar refractivity (Wildman–Crippen MR) is 69.9 cm³/mol. The minimum absolute atomic E-state index is 0.288. The Morgan fingerprint density at radius 3 is 2.72 bits per heavy atom. The first-order valence-corrected chi connectivity index (χ1v) is 5.80. The Balaban J connectivity index is 2.16. The smallest absolute Gasteiger partial charge is 0.210 e. The van der Waals surface area contributed by atoms with Crippen LogP contribution in [0.1, 0.15) is 11.5 Å². The largest absolute Gasteiger partial charge is 0.438 e. The zero-order chi connectivity index (χ0) is 12.5. The van der Waals surface area contributed by atoms with Crippen LogP contribution in [-0.4, -0.2) is 9.97 Å². The van der Waals surface area contributed by atoms with Gasteiger partial charge in [-0.3, -0.25) is 0 Å². The van der Waals surface area contributed by atoms with Crippen molar-refractivity contribution in [3.63, 3.8) is 0 Å². The average molecular weight is 239 g/mol. The normalized spacial score (nSPS) is 11.0. The first-order valence-electron chi connectivity index (χ1n) is 5.80. The van der Waals surface area contributed by atoms with Gasteiger partial charge in [-0.1, -0.05) is 24.3 Å². The van der Waals surface area contributed by atoms with Gasteiger partial charge in [-0.15, -0.1) is 0 Å². The maximum absolute atomic E-state index is 5.50. The van der Waals surface area contributed by atoms with Crippen LogP contribution in [0.2, 0.25) is 0 Å². The standard InChI is InChI=1S/C14H13N3O/c1-9-4-2-3-5-10(9)11-6-7-12-14(16-11)17-13(8-15)18-12/h2-7H,8,15H2,1H3. The molecule has 2 aromatic heterocycles. The van der Waals surface area contributed by atoms with Gasteiger partial charge in [-0.2, -0.15) is 4.98 Å². The lowest BCUT2D eigenvalue weighted by Crippen LogP contribution is -1.95. The predicted octanol–water partition coefficient (Wildman–Crippen LogP) is 2.66. The number of nitrogens with zero attached hydrogens (tertiary/aromatic N) is 2. The fourth-order valence-electron chi connectivity index (χ4n) is 1.96. The Labute approximate surface area is 104 Å². The van der Waals surface area contributed by atoms with Crippen LogP contribution in [0.4, 0.5) is 0 Å². The Morgan fingerprint density at radius 1 is 1.11 bits per heavy atom. The summed E-state index contributed by atoms with van der Waals surface area (Å²) in [5.74, 6) is 0.513. The zero-order valence-electron chi connectivity index (χ0n) is 10.1. The number of pyridine rings is 1. The molecule has 2 N–H and O–H groups in total. The van der Waals surface area contributed by atoms with Crippen LogP contribution in [0, 0.1) is 6.92 Å². The highest BCUT2D eigenvalue weighted by Crippen LogP contribution is 2.23. The second-order valence-corrected chi connectivity index (χ2v) is 4.14. The number of aromatic nitrogens is 2. The highest BCUT2D eigenvalue weighted by Gasteiger charge is 2.08. The van der Waals surface area contributed by atoms with E-state index in [1.165, 1.54) is 5.56 Å². The molecule has 0 atom stereocenters. The topological polar surface area (TPSA) is 64.9 Å². The van der Waals surface area contributed by atoms with E-state index in [-0.39, 0.29) is 6.54 Å². The fraction of sp³-hybridized carbons (Fsp3) is 0.143. The number of benzene rings is 1. The van der Waals surface area contributed by atoms with Crippen LogP contribution in [0.5, 0.6) is 0 Å². The summed E-state index contributed by atoms with van der Waals surface area (Å²) in [4.78, 5) is 8.76. The summed E-state index contributed by atoms with van der Waals surface area (Å²) in [6, 6.07) is 12.0. The number of hydrogen-bond acceptors (Lipinski definition) is 4. The van der Waals surface area contributed by atoms with Crippen molar-refractivity contribution in [3.05, 3.63) is 47.9 Å². The molecule has 0 saturated carbocycles. The molecular formula is C14H13N3O. The van der Waals surface area contributed by atoms with Gasteiger partial charge in [0, 0.05) is 5.56 Å². The molecule has 0 aliphatic heterocycles. The SMILES string of the molecule is Cc1ccccc1-c1ccc2oc(CN)nc2n1. The summed E-state index contributed by atoms with van der Waals surface area (Å²) >= 11 is 0. The van der Waals surface area contributed by atoms with E-state index in [0.717, 1.165) is 11.3 Å². The van der Waals surface area contributed by atoms with E-state index in [1.807, 2.05) is 30.3 Å². The van der Waals surface area contributed by atoms with Crippen molar-refractivity contribution >= 4 is 11.2 Å². The number of hydrogen-bond donors (Lipinski definition) is 1. The van der Waals surface area contributed by atoms with Crippen molar-refractivity contribution in [1.29, 1.82) is 0 Å². The summed E-state index contributed by atoms with van der Waals surface area (Å²) in [5.41, 5.74) is 9.98. The summed E-state index contributed by atoms with van der Waals surface area (Å²) in [7, 11) is 0. The molecule has 3 aromatic rings. The van der Waals surface area contributed by atoms with Gasteiger partial charge in [0.25, 0.3) is 0 Å². The van der Waals surface area contributed by atoms with Crippen LogP contribution in [-0.2, 0) is 6.54 Å². The highest BCUT2D eigenvalue weighted by atomic mass is 16.3. The Hall–Kier alpha value is -2.20. The van der Waals surface area contributed by atoms with Crippen molar-refractivity contribution in [2.24, 2.45) is 5.73 Å². The summed E-state index contributed by atoms with van der Waals surface area (Å²) in [6.07, 6.45) is 0. The van der Waals surface area contributed by atoms with E-state index < -0.39 is 0 Å². The van der Waals surface area contributed by atoms with Crippen LogP contribution >= 0.6 is 0 Å². The molecule has 2 heterocycles. The van der Waals surface area contributed by atoms with Crippen molar-refractivity contribution in [2.75, 3.05) is 0 Å². The molecule has 0 aliphatic carbocycles. The average Bonchev–Trinajstić information content (AvgIpc) is 2.81. The van der Waals surface area contributed by atoms with Gasteiger partial charge in [0.15, 0.2) is 11.2 Å². The minimum atomic E-state index is 0.288. The summed E-state index contributed by atoms with van der Waals surface area (Å²) in [5, 5.41) is 0. The number of fused-ring (bicyclic) bond motifs is 1. The molecule has 4 nitrogen and oxygen atoms in total. The van der Waals surface area contributed by atoms with Crippen molar-refractivity contribution in [3.8, 4) is 11.3 Å². The monoisotopic (exact) mass is 239 g/mol. The van der Waals surface area contributed by atoms with Crippen LogP contribution < -0.4 is 5.73 Å². The molecular weight excluding hydrogens is 226 g/mol. The third kappa shape index (κ3) is 1.76. The van der Waals surface area contributed by atoms with Crippen molar-refractivity contribution in [2.45, 2.75) is 13.5 Å². The molecule has 0 spiro atoms. The molecule has 4 heteroatoms. The molecule has 0 aliphatic rings. The van der Waals surface area contributed by atoms with E-state index >= 15 is 0 Å². The number of rotatable bonds is 2. The number of aryl methyl sites for hydroxylation is 1. The van der Waals surface area contributed by atoms with Gasteiger partial charge in [-0.05, 0) is 24.6 Å². The van der Waals surface area contributed by atoms with Crippen LogP contribution in [0.15, 0.2) is 40.8 Å². The molecule has 0 unspecified atom stereocenters. The van der Waals surface area contributed by atoms with Crippen LogP contribution in [0.3, 0.4) is 0 Å². The van der Waals surface area contributed by atoms with Gasteiger partial charge in [0.2, 0.25) is 5.89 Å². The van der Waals surface area contributed by atoms with E-state index in [9.17, 15) is 0 Å². The number of nitrogens with two attached hydrogens (primary N) is 1. The van der Waals surface area contributed by atoms with Gasteiger partial charge < -0.3 is 10.2 Å². The third-order valence-corrected chi connectivity index (χ3v) is 2.89. The van der Waals surface area contributed by atoms with E-state index in [2.05, 4.69) is 23.0 Å². The zero-order valence-corrected chi connectivity index (χ0v) is 10.1. The lowest BCUT2D eigenvalue weighted by Gasteiger charge is -2.03. The molecule has 0 amide bonds. The van der Waals surface area contributed by atoms with Gasteiger partial charge in [0.1, 0.15) is 0 Å². The lowest BCUT2D eigenvalue weighted by molar-refractivity contribution is 0.533. The molecule has 0 fully saturated rings. The molecule has 3 rings (SSSR count). The Morgan fingerprint density at radius 2 is 1.94 bits per heavy atom. The maximum atomic E-state index is 5.50. The van der Waals surface area contributed by atoms with Gasteiger partial charge in [-0.25, -0.2) is 4.98 Å². The summed E-state index contributed by atoms with van der Waals surface area (Å²) in [6.45, 7) is 2.35. The van der Waals surface area contributed by atoms with Crippen LogP contribution in [0.25, 0.3) is 22.5 Å². The molecule has 18 heavy (non-hydrogen) atoms. The second kappa shape index (κ2) is 4.23. The highest BCUT2D eigenvalue weighted by molar-refractivity contribution is 5.74. The van der Waals surface area contributed by atoms with E-state index in [0.29, 0.717) is 17.1 Å². The fourth-order valence-corrected chi connectivity index (χ4v) is 1.96. The first kappa shape index (κ1) is 10.9. The van der Waals surface area contributed by atoms with Gasteiger partial charge >= 0.3 is 0 Å². The maximum Gasteiger partial charge on any atom is 0.210 e. The number of oxazole rings is 1. The first-order chi connectivity index (χ1) is 8.78. The van der Waals surface area contributed by atoms with Gasteiger partial charge in [0.05, 0.1) is 12.2 Å². The Kier molecular flexibility index (Phi) is 2.57. The quantitative estimate of drug-likeness (QED) is 0.746. The molecule has 1 aromatic carbocycles. The molecule has 0 bridgehead atoms. The Bertz CT molecular complexity index is 703. The van der Waals surface area contributed by atoms with E-state index in [1.54, 1.807) is 0 Å². The molecule has 0 saturated heterocycles. The second-order valence-electron chi connectivity index (χ2n) is 4.14. The minimum Gasteiger partial charge on any atom is -0.438 e. The van der Waals surface area contributed by atoms with E-state index in [4.69, 9.17) is 10.2 Å².